The second-order valence-corrected chi connectivity index (χ2v) is 15.4. The third kappa shape index (κ3) is 6.45. The number of methoxy groups -OCH3 is 1. The summed E-state index contributed by atoms with van der Waals surface area (Å²) in [5.74, 6) is 0. The fourth-order valence-electron chi connectivity index (χ4n) is 4.75. The zero-order chi connectivity index (χ0) is 26.4. The first-order chi connectivity index (χ1) is 17.0. The molecule has 0 bridgehead atoms. The van der Waals surface area contributed by atoms with E-state index in [2.05, 4.69) is 69.3 Å². The molecule has 2 aromatic rings. The van der Waals surface area contributed by atoms with Crippen LogP contribution in [0.5, 0.6) is 0 Å². The molecule has 0 saturated carbocycles. The number of rotatable bonds is 8. The molecule has 7 heteroatoms. The molecule has 0 aromatic heterocycles. The Labute approximate surface area is 217 Å². The minimum absolute atomic E-state index is 0.118. The summed E-state index contributed by atoms with van der Waals surface area (Å²) >= 11 is 0. The van der Waals surface area contributed by atoms with Crippen LogP contribution in [0, 0.1) is 0 Å². The second kappa shape index (κ2) is 11.7. The Morgan fingerprint density at radius 3 is 1.97 bits per heavy atom. The first-order valence-corrected chi connectivity index (χ1v) is 14.4. The molecule has 2 aromatic carbocycles. The van der Waals surface area contributed by atoms with Crippen molar-refractivity contribution < 1.29 is 23.4 Å². The van der Waals surface area contributed by atoms with Crippen molar-refractivity contribution in [1.29, 1.82) is 0 Å². The highest BCUT2D eigenvalue weighted by atomic mass is 28.4. The summed E-state index contributed by atoms with van der Waals surface area (Å²) in [7, 11) is -1.21. The van der Waals surface area contributed by atoms with Gasteiger partial charge >= 0.3 is 6.09 Å². The lowest BCUT2D eigenvalue weighted by molar-refractivity contribution is -0.0909. The molecule has 0 fully saturated rings. The largest absolute Gasteiger partial charge is 0.444 e. The Morgan fingerprint density at radius 2 is 1.50 bits per heavy atom. The monoisotopic (exact) mass is 511 g/mol. The molecule has 0 aliphatic carbocycles. The predicted octanol–water partition coefficient (Wildman–Crippen LogP) is 4.73. The highest BCUT2D eigenvalue weighted by Gasteiger charge is 2.51. The molecule has 0 radical (unpaired) electrons. The number of ether oxygens (including phenoxy) is 3. The lowest BCUT2D eigenvalue weighted by atomic mass is 10.1. The van der Waals surface area contributed by atoms with Crippen LogP contribution >= 0.6 is 0 Å². The van der Waals surface area contributed by atoms with E-state index in [1.54, 1.807) is 12.0 Å². The van der Waals surface area contributed by atoms with E-state index >= 15 is 0 Å². The van der Waals surface area contributed by atoms with Gasteiger partial charge in [0.1, 0.15) is 18.5 Å². The molecule has 2 atom stereocenters. The molecule has 196 valence electrons. The fourth-order valence-corrected chi connectivity index (χ4v) is 9.33. The van der Waals surface area contributed by atoms with Crippen molar-refractivity contribution in [3.8, 4) is 0 Å². The van der Waals surface area contributed by atoms with E-state index in [1.807, 2.05) is 45.1 Å². The summed E-state index contributed by atoms with van der Waals surface area (Å²) in [5, 5.41) is 2.20. The summed E-state index contributed by atoms with van der Waals surface area (Å²) in [6.45, 7) is 13.2. The van der Waals surface area contributed by atoms with Crippen LogP contribution in [0.3, 0.4) is 0 Å². The number of benzene rings is 2. The molecule has 1 amide bonds. The van der Waals surface area contributed by atoms with Gasteiger partial charge in [0, 0.05) is 13.7 Å². The van der Waals surface area contributed by atoms with Crippen LogP contribution in [0.2, 0.25) is 5.04 Å². The molecule has 1 aliphatic heterocycles. The van der Waals surface area contributed by atoms with E-state index < -0.39 is 13.9 Å². The Hall–Kier alpha value is -2.45. The van der Waals surface area contributed by atoms with Gasteiger partial charge in [0.15, 0.2) is 0 Å². The summed E-state index contributed by atoms with van der Waals surface area (Å²) in [5.41, 5.74) is -0.607. The van der Waals surface area contributed by atoms with Crippen LogP contribution < -0.4 is 10.4 Å². The SMILES string of the molecule is COCO[C@H]1C=CCN(C(=O)OC(C)(C)C)[C@H]1CO[Si](c1ccccc1)(c1ccccc1)C(C)(C)C. The summed E-state index contributed by atoms with van der Waals surface area (Å²) in [4.78, 5) is 15.0. The van der Waals surface area contributed by atoms with E-state index in [4.69, 9.17) is 18.6 Å². The van der Waals surface area contributed by atoms with Gasteiger partial charge in [-0.3, -0.25) is 4.90 Å². The van der Waals surface area contributed by atoms with Crippen molar-refractivity contribution in [3.63, 3.8) is 0 Å². The number of hydrogen-bond donors (Lipinski definition) is 0. The topological polar surface area (TPSA) is 57.2 Å². The van der Waals surface area contributed by atoms with Gasteiger partial charge in [0.25, 0.3) is 8.32 Å². The molecule has 1 aliphatic rings. The highest BCUT2D eigenvalue weighted by molar-refractivity contribution is 6.99. The normalized spacial score (nSPS) is 18.8. The summed E-state index contributed by atoms with van der Waals surface area (Å²) in [6, 6.07) is 20.6. The van der Waals surface area contributed by atoms with E-state index in [9.17, 15) is 4.79 Å². The Balaban J connectivity index is 2.04. The third-order valence-electron chi connectivity index (χ3n) is 6.30. The maximum absolute atomic E-state index is 13.2. The van der Waals surface area contributed by atoms with Gasteiger partial charge in [0.2, 0.25) is 0 Å². The first kappa shape index (κ1) is 28.1. The van der Waals surface area contributed by atoms with Crippen LogP contribution in [0.15, 0.2) is 72.8 Å². The maximum atomic E-state index is 13.2. The summed E-state index contributed by atoms with van der Waals surface area (Å²) in [6.07, 6.45) is 3.15. The van der Waals surface area contributed by atoms with Crippen molar-refractivity contribution in [2.45, 2.75) is 64.3 Å². The lowest BCUT2D eigenvalue weighted by Crippen LogP contribution is -2.68. The number of carbonyl (C=O) groups is 1. The van der Waals surface area contributed by atoms with Gasteiger partial charge in [-0.15, -0.1) is 0 Å². The van der Waals surface area contributed by atoms with E-state index in [0.717, 1.165) is 0 Å². The second-order valence-electron chi connectivity index (χ2n) is 11.1. The van der Waals surface area contributed by atoms with Gasteiger partial charge in [0.05, 0.1) is 12.6 Å². The third-order valence-corrected chi connectivity index (χ3v) is 11.3. The number of hydrogen-bond acceptors (Lipinski definition) is 5. The van der Waals surface area contributed by atoms with Crippen LogP contribution in [-0.2, 0) is 18.6 Å². The van der Waals surface area contributed by atoms with Crippen LogP contribution in [0.25, 0.3) is 0 Å². The minimum Gasteiger partial charge on any atom is -0.444 e. The zero-order valence-electron chi connectivity index (χ0n) is 22.7. The van der Waals surface area contributed by atoms with Crippen molar-refractivity contribution in [3.05, 3.63) is 72.8 Å². The average molecular weight is 512 g/mol. The molecule has 3 rings (SSSR count). The fraction of sp³-hybridized carbons (Fsp3) is 0.483. The standard InChI is InChI=1S/C29H41NO5Si/c1-28(2,3)35-27(31)30-20-14-19-26(33-22-32-7)25(30)21-34-36(29(4,5)6,23-15-10-8-11-16-23)24-17-12-9-13-18-24/h8-19,25-26H,20-22H2,1-7H3/t25-,26-/m0/s1. The summed E-state index contributed by atoms with van der Waals surface area (Å²) < 4.78 is 24.1. The Kier molecular flexibility index (Phi) is 9.16. The number of nitrogens with zero attached hydrogens (tertiary/aromatic N) is 1. The van der Waals surface area contributed by atoms with E-state index in [-0.39, 0.29) is 30.1 Å². The predicted molar refractivity (Wildman–Crippen MR) is 146 cm³/mol. The van der Waals surface area contributed by atoms with Crippen LogP contribution in [0.4, 0.5) is 4.79 Å². The van der Waals surface area contributed by atoms with Gasteiger partial charge in [-0.25, -0.2) is 4.79 Å². The molecule has 0 saturated heterocycles. The zero-order valence-corrected chi connectivity index (χ0v) is 23.7. The van der Waals surface area contributed by atoms with Crippen LogP contribution in [0.1, 0.15) is 41.5 Å². The lowest BCUT2D eigenvalue weighted by Gasteiger charge is -2.45. The van der Waals surface area contributed by atoms with Crippen molar-refractivity contribution >= 4 is 24.8 Å². The molecule has 36 heavy (non-hydrogen) atoms. The van der Waals surface area contributed by atoms with Gasteiger partial charge < -0.3 is 18.6 Å². The average Bonchev–Trinajstić information content (AvgIpc) is 2.83. The number of amides is 1. The molecule has 6 nitrogen and oxygen atoms in total. The van der Waals surface area contributed by atoms with Crippen molar-refractivity contribution in [1.82, 2.24) is 4.90 Å². The maximum Gasteiger partial charge on any atom is 0.411 e. The van der Waals surface area contributed by atoms with Crippen molar-refractivity contribution in [2.24, 2.45) is 0 Å². The molecule has 0 N–H and O–H groups in total. The molecular formula is C29H41NO5Si. The molecule has 0 spiro atoms. The highest BCUT2D eigenvalue weighted by Crippen LogP contribution is 2.37. The Morgan fingerprint density at radius 1 is 0.944 bits per heavy atom. The quantitative estimate of drug-likeness (QED) is 0.291. The molecular weight excluding hydrogens is 470 g/mol. The van der Waals surface area contributed by atoms with Crippen LogP contribution in [-0.4, -0.2) is 64.1 Å². The Bertz CT molecular complexity index is 958. The minimum atomic E-state index is -2.80. The van der Waals surface area contributed by atoms with E-state index in [0.29, 0.717) is 13.2 Å². The van der Waals surface area contributed by atoms with Gasteiger partial charge in [-0.2, -0.15) is 0 Å². The smallest absolute Gasteiger partial charge is 0.411 e. The van der Waals surface area contributed by atoms with Gasteiger partial charge in [-0.05, 0) is 36.2 Å². The first-order valence-electron chi connectivity index (χ1n) is 12.5. The van der Waals surface area contributed by atoms with E-state index in [1.165, 1.54) is 10.4 Å². The molecule has 1 heterocycles. The molecule has 0 unspecified atom stereocenters. The van der Waals surface area contributed by atoms with Gasteiger partial charge in [-0.1, -0.05) is 93.6 Å². The van der Waals surface area contributed by atoms with Crippen molar-refractivity contribution in [2.75, 3.05) is 27.1 Å². The number of carbonyl (C=O) groups excluding carboxylic acids is 1.